The summed E-state index contributed by atoms with van der Waals surface area (Å²) in [6, 6.07) is 11.8. The van der Waals surface area contributed by atoms with Crippen molar-refractivity contribution < 1.29 is 4.11 Å². The van der Waals surface area contributed by atoms with E-state index in [0.29, 0.717) is 16.8 Å². The molecule has 1 aromatic carbocycles. The molecule has 2 rings (SSSR count). The summed E-state index contributed by atoms with van der Waals surface area (Å²) in [5, 5.41) is 17.8. The predicted octanol–water partition coefficient (Wildman–Crippen LogP) is 2.80. The average Bonchev–Trinajstić information content (AvgIpc) is 2.45. The molecule has 0 fully saturated rings. The Kier molecular flexibility index (Phi) is 2.00. The van der Waals surface area contributed by atoms with Crippen LogP contribution in [0.4, 0.5) is 0 Å². The molecule has 0 radical (unpaired) electrons. The SMILES string of the molecule is [2H]C([2H])([2H])c1ccc(-c2ccc(C#N)c(C#N)c2)nc1. The summed E-state index contributed by atoms with van der Waals surface area (Å²) in [5.41, 5.74) is 1.95. The third-order valence-electron chi connectivity index (χ3n) is 2.32. The van der Waals surface area contributed by atoms with E-state index in [-0.39, 0.29) is 11.1 Å². The molecular weight excluding hydrogens is 210 g/mol. The normalized spacial score (nSPS) is 12.7. The first-order valence-electron chi connectivity index (χ1n) is 6.37. The third kappa shape index (κ3) is 2.14. The van der Waals surface area contributed by atoms with Gasteiger partial charge in [0.1, 0.15) is 12.1 Å². The second kappa shape index (κ2) is 4.47. The quantitative estimate of drug-likeness (QED) is 0.745. The Morgan fingerprint density at radius 3 is 2.53 bits per heavy atom. The summed E-state index contributed by atoms with van der Waals surface area (Å²) in [5.74, 6) is 0. The van der Waals surface area contributed by atoms with Crippen molar-refractivity contribution in [2.45, 2.75) is 6.85 Å². The second-order valence-electron chi connectivity index (χ2n) is 3.42. The van der Waals surface area contributed by atoms with Gasteiger partial charge in [0.15, 0.2) is 0 Å². The number of rotatable bonds is 1. The summed E-state index contributed by atoms with van der Waals surface area (Å²) in [6.45, 7) is -2.19. The second-order valence-corrected chi connectivity index (χ2v) is 3.42. The van der Waals surface area contributed by atoms with Crippen molar-refractivity contribution in [2.75, 3.05) is 0 Å². The van der Waals surface area contributed by atoms with Crippen molar-refractivity contribution >= 4 is 0 Å². The van der Waals surface area contributed by atoms with Crippen molar-refractivity contribution in [3.05, 3.63) is 53.2 Å². The molecular formula is C14H9N3. The van der Waals surface area contributed by atoms with E-state index in [2.05, 4.69) is 4.98 Å². The maximum atomic E-state index is 8.98. The largest absolute Gasteiger partial charge is 0.256 e. The maximum absolute atomic E-state index is 8.98. The Balaban J connectivity index is 2.43. The first-order valence-corrected chi connectivity index (χ1v) is 4.87. The van der Waals surface area contributed by atoms with Crippen molar-refractivity contribution in [1.82, 2.24) is 4.98 Å². The van der Waals surface area contributed by atoms with Crippen molar-refractivity contribution in [3.63, 3.8) is 0 Å². The molecule has 3 nitrogen and oxygen atoms in total. The highest BCUT2D eigenvalue weighted by Crippen LogP contribution is 2.20. The Morgan fingerprint density at radius 1 is 1.12 bits per heavy atom. The highest BCUT2D eigenvalue weighted by molar-refractivity contribution is 5.64. The molecule has 1 aromatic heterocycles. The number of hydrogen-bond acceptors (Lipinski definition) is 3. The summed E-state index contributed by atoms with van der Waals surface area (Å²) in [6.07, 6.45) is 1.30. The van der Waals surface area contributed by atoms with Crippen LogP contribution in [0.2, 0.25) is 0 Å². The molecule has 0 aliphatic carbocycles. The Morgan fingerprint density at radius 2 is 1.94 bits per heavy atom. The highest BCUT2D eigenvalue weighted by atomic mass is 14.7. The van der Waals surface area contributed by atoms with Gasteiger partial charge in [-0.15, -0.1) is 0 Å². The third-order valence-corrected chi connectivity index (χ3v) is 2.32. The Bertz CT molecular complexity index is 719. The maximum Gasteiger partial charge on any atom is 0.101 e. The molecule has 3 heteroatoms. The lowest BCUT2D eigenvalue weighted by atomic mass is 10.0. The molecule has 0 saturated heterocycles. The lowest BCUT2D eigenvalue weighted by molar-refractivity contribution is 1.27. The minimum absolute atomic E-state index is 0.162. The fraction of sp³-hybridized carbons (Fsp3) is 0.0714. The minimum Gasteiger partial charge on any atom is -0.256 e. The molecule has 0 aliphatic heterocycles. The van der Waals surface area contributed by atoms with Crippen LogP contribution in [0.3, 0.4) is 0 Å². The van der Waals surface area contributed by atoms with Gasteiger partial charge in [0.25, 0.3) is 0 Å². The van der Waals surface area contributed by atoms with Gasteiger partial charge in [-0.3, -0.25) is 4.98 Å². The van der Waals surface area contributed by atoms with Gasteiger partial charge in [-0.25, -0.2) is 0 Å². The van der Waals surface area contributed by atoms with Crippen molar-refractivity contribution in [1.29, 1.82) is 10.5 Å². The van der Waals surface area contributed by atoms with Crippen LogP contribution in [0.15, 0.2) is 36.5 Å². The molecule has 17 heavy (non-hydrogen) atoms. The van der Waals surface area contributed by atoms with Crippen LogP contribution in [-0.4, -0.2) is 4.98 Å². The standard InChI is InChI=1S/C14H9N3/c1-10-2-5-14(17-9-10)11-3-4-12(7-15)13(6-11)8-16/h2-6,9H,1H3/i1D3. The Labute approximate surface area is 104 Å². The summed E-state index contributed by atoms with van der Waals surface area (Å²) < 4.78 is 21.8. The van der Waals surface area contributed by atoms with Gasteiger partial charge in [-0.1, -0.05) is 12.1 Å². The zero-order chi connectivity index (χ0) is 14.8. The van der Waals surface area contributed by atoms with Crippen LogP contribution in [0.25, 0.3) is 11.3 Å². The number of benzene rings is 1. The van der Waals surface area contributed by atoms with Gasteiger partial charge in [0.05, 0.1) is 16.8 Å². The van der Waals surface area contributed by atoms with E-state index in [1.165, 1.54) is 12.3 Å². The van der Waals surface area contributed by atoms with Gasteiger partial charge < -0.3 is 0 Å². The molecule has 0 spiro atoms. The van der Waals surface area contributed by atoms with E-state index in [1.54, 1.807) is 24.3 Å². The van der Waals surface area contributed by atoms with Gasteiger partial charge >= 0.3 is 0 Å². The Hall–Kier alpha value is -2.65. The zero-order valence-electron chi connectivity index (χ0n) is 11.8. The average molecular weight is 222 g/mol. The molecule has 0 aliphatic rings. The van der Waals surface area contributed by atoms with E-state index < -0.39 is 6.85 Å². The van der Waals surface area contributed by atoms with Gasteiger partial charge in [0, 0.05) is 15.9 Å². The highest BCUT2D eigenvalue weighted by Gasteiger charge is 2.05. The lowest BCUT2D eigenvalue weighted by Gasteiger charge is -2.02. The molecule has 0 unspecified atom stereocenters. The monoisotopic (exact) mass is 222 g/mol. The molecule has 0 amide bonds. The smallest absolute Gasteiger partial charge is 0.101 e. The zero-order valence-corrected chi connectivity index (χ0v) is 8.81. The van der Waals surface area contributed by atoms with Crippen LogP contribution in [0.1, 0.15) is 20.8 Å². The summed E-state index contributed by atoms with van der Waals surface area (Å²) >= 11 is 0. The van der Waals surface area contributed by atoms with Crippen molar-refractivity contribution in [2.24, 2.45) is 0 Å². The van der Waals surface area contributed by atoms with Crippen LogP contribution in [-0.2, 0) is 0 Å². The fourth-order valence-electron chi connectivity index (χ4n) is 1.46. The topological polar surface area (TPSA) is 60.5 Å². The van der Waals surface area contributed by atoms with E-state index in [1.807, 2.05) is 12.1 Å². The first-order chi connectivity index (χ1) is 9.45. The van der Waals surface area contributed by atoms with Crippen LogP contribution < -0.4 is 0 Å². The lowest BCUT2D eigenvalue weighted by Crippen LogP contribution is -1.88. The van der Waals surface area contributed by atoms with E-state index in [4.69, 9.17) is 14.6 Å². The molecule has 80 valence electrons. The van der Waals surface area contributed by atoms with Gasteiger partial charge in [-0.05, 0) is 30.6 Å². The molecule has 0 atom stereocenters. The number of nitrogens with zero attached hydrogens (tertiary/aromatic N) is 3. The molecule has 2 aromatic rings. The number of nitriles is 2. The summed E-state index contributed by atoms with van der Waals surface area (Å²) in [4.78, 5) is 4.09. The van der Waals surface area contributed by atoms with Gasteiger partial charge in [0.2, 0.25) is 0 Å². The van der Waals surface area contributed by atoms with Gasteiger partial charge in [-0.2, -0.15) is 10.5 Å². The van der Waals surface area contributed by atoms with E-state index >= 15 is 0 Å². The number of hydrogen-bond donors (Lipinski definition) is 0. The number of aryl methyl sites for hydroxylation is 1. The molecule has 1 heterocycles. The van der Waals surface area contributed by atoms with Crippen LogP contribution >= 0.6 is 0 Å². The first kappa shape index (κ1) is 7.60. The molecule has 0 N–H and O–H groups in total. The minimum atomic E-state index is -2.19. The van der Waals surface area contributed by atoms with Crippen LogP contribution in [0.5, 0.6) is 0 Å². The van der Waals surface area contributed by atoms with E-state index in [0.717, 1.165) is 0 Å². The number of aromatic nitrogens is 1. The van der Waals surface area contributed by atoms with Crippen LogP contribution in [0, 0.1) is 29.5 Å². The predicted molar refractivity (Wildman–Crippen MR) is 63.8 cm³/mol. The summed E-state index contributed by atoms with van der Waals surface area (Å²) in [7, 11) is 0. The van der Waals surface area contributed by atoms with E-state index in [9.17, 15) is 0 Å². The van der Waals surface area contributed by atoms with Crippen molar-refractivity contribution in [3.8, 4) is 23.4 Å². The number of pyridine rings is 1. The molecule has 0 bridgehead atoms. The molecule has 0 saturated carbocycles. The fourth-order valence-corrected chi connectivity index (χ4v) is 1.46.